The van der Waals surface area contributed by atoms with E-state index in [1.165, 1.54) is 30.4 Å². The van der Waals surface area contributed by atoms with Crippen LogP contribution in [0.1, 0.15) is 76.3 Å². The molecule has 2 nitrogen and oxygen atoms in total. The summed E-state index contributed by atoms with van der Waals surface area (Å²) >= 11 is 0. The zero-order chi connectivity index (χ0) is 15.1. The van der Waals surface area contributed by atoms with Gasteiger partial charge in [0.1, 0.15) is 0 Å². The molecule has 114 valence electrons. The highest BCUT2D eigenvalue weighted by Gasteiger charge is 2.16. The Hall–Kier alpha value is -0.860. The van der Waals surface area contributed by atoms with Crippen LogP contribution in [0.15, 0.2) is 24.3 Å². The molecule has 0 saturated heterocycles. The number of rotatable bonds is 8. The molecule has 0 fully saturated rings. The van der Waals surface area contributed by atoms with Crippen molar-refractivity contribution in [1.29, 1.82) is 0 Å². The standard InChI is InChI=1S/C18H32N2/c1-5-6-7-18(15(4)20)17-10-8-16(9-11-17)13(2)12-14(3)19/h8-11,13-15,18H,5-7,12,19-20H2,1-4H3. The third-order valence-electron chi connectivity index (χ3n) is 4.16. The molecule has 4 atom stereocenters. The zero-order valence-electron chi connectivity index (χ0n) is 13.6. The first-order valence-electron chi connectivity index (χ1n) is 8.06. The van der Waals surface area contributed by atoms with Crippen LogP contribution in [0.4, 0.5) is 0 Å². The highest BCUT2D eigenvalue weighted by atomic mass is 14.6. The van der Waals surface area contributed by atoms with Crippen molar-refractivity contribution in [2.45, 2.75) is 77.3 Å². The molecule has 0 amide bonds. The van der Waals surface area contributed by atoms with E-state index in [1.807, 2.05) is 0 Å². The minimum absolute atomic E-state index is 0.217. The molecule has 0 aliphatic carbocycles. The summed E-state index contributed by atoms with van der Waals surface area (Å²) in [7, 11) is 0. The smallest absolute Gasteiger partial charge is 0.00793 e. The monoisotopic (exact) mass is 276 g/mol. The summed E-state index contributed by atoms with van der Waals surface area (Å²) < 4.78 is 0. The second kappa shape index (κ2) is 8.43. The van der Waals surface area contributed by atoms with Gasteiger partial charge in [-0.2, -0.15) is 0 Å². The predicted molar refractivity (Wildman–Crippen MR) is 89.0 cm³/mol. The van der Waals surface area contributed by atoms with E-state index in [0.717, 1.165) is 6.42 Å². The van der Waals surface area contributed by atoms with E-state index in [9.17, 15) is 0 Å². The van der Waals surface area contributed by atoms with Crippen LogP contribution in [-0.2, 0) is 0 Å². The number of hydrogen-bond acceptors (Lipinski definition) is 2. The Morgan fingerprint density at radius 2 is 1.50 bits per heavy atom. The third-order valence-corrected chi connectivity index (χ3v) is 4.16. The van der Waals surface area contributed by atoms with Crippen molar-refractivity contribution in [2.24, 2.45) is 11.5 Å². The van der Waals surface area contributed by atoms with Crippen molar-refractivity contribution >= 4 is 0 Å². The summed E-state index contributed by atoms with van der Waals surface area (Å²) in [6.07, 6.45) is 4.69. The molecule has 4 N–H and O–H groups in total. The second-order valence-electron chi connectivity index (χ2n) is 6.39. The van der Waals surface area contributed by atoms with E-state index in [4.69, 9.17) is 11.5 Å². The van der Waals surface area contributed by atoms with Gasteiger partial charge in [-0.1, -0.05) is 51.0 Å². The molecule has 20 heavy (non-hydrogen) atoms. The molecule has 0 aliphatic rings. The van der Waals surface area contributed by atoms with E-state index in [0.29, 0.717) is 11.8 Å². The average Bonchev–Trinajstić information content (AvgIpc) is 2.38. The Bertz CT molecular complexity index is 368. The summed E-state index contributed by atoms with van der Waals surface area (Å²) in [5, 5.41) is 0. The number of nitrogens with two attached hydrogens (primary N) is 2. The first kappa shape index (κ1) is 17.2. The quantitative estimate of drug-likeness (QED) is 0.749. The fraction of sp³-hybridized carbons (Fsp3) is 0.667. The number of unbranched alkanes of at least 4 members (excludes halogenated alkanes) is 1. The number of benzene rings is 1. The summed E-state index contributed by atoms with van der Waals surface area (Å²) in [6, 6.07) is 9.50. The van der Waals surface area contributed by atoms with Gasteiger partial charge in [-0.3, -0.25) is 0 Å². The molecule has 2 heteroatoms. The topological polar surface area (TPSA) is 52.0 Å². The summed E-state index contributed by atoms with van der Waals surface area (Å²) in [6.45, 7) is 8.67. The minimum atomic E-state index is 0.217. The van der Waals surface area contributed by atoms with Crippen molar-refractivity contribution in [1.82, 2.24) is 0 Å². The highest BCUT2D eigenvalue weighted by molar-refractivity contribution is 5.28. The highest BCUT2D eigenvalue weighted by Crippen LogP contribution is 2.27. The van der Waals surface area contributed by atoms with Gasteiger partial charge in [0, 0.05) is 12.1 Å². The van der Waals surface area contributed by atoms with Gasteiger partial charge in [0.15, 0.2) is 0 Å². The van der Waals surface area contributed by atoms with Gasteiger partial charge in [0.25, 0.3) is 0 Å². The molecule has 0 aromatic heterocycles. The molecule has 0 bridgehead atoms. The van der Waals surface area contributed by atoms with Gasteiger partial charge in [0.05, 0.1) is 0 Å². The van der Waals surface area contributed by atoms with E-state index >= 15 is 0 Å². The Morgan fingerprint density at radius 1 is 0.950 bits per heavy atom. The molecule has 4 unspecified atom stereocenters. The van der Waals surface area contributed by atoms with Crippen LogP contribution in [-0.4, -0.2) is 12.1 Å². The fourth-order valence-electron chi connectivity index (χ4n) is 2.92. The van der Waals surface area contributed by atoms with Crippen molar-refractivity contribution in [3.05, 3.63) is 35.4 Å². The van der Waals surface area contributed by atoms with E-state index < -0.39 is 0 Å². The van der Waals surface area contributed by atoms with E-state index in [2.05, 4.69) is 52.0 Å². The van der Waals surface area contributed by atoms with Gasteiger partial charge in [-0.05, 0) is 49.7 Å². The fourth-order valence-corrected chi connectivity index (χ4v) is 2.92. The summed E-state index contributed by atoms with van der Waals surface area (Å²) in [5.74, 6) is 1.00. The van der Waals surface area contributed by atoms with Gasteiger partial charge in [-0.25, -0.2) is 0 Å². The molecule has 0 aliphatic heterocycles. The van der Waals surface area contributed by atoms with E-state index in [-0.39, 0.29) is 12.1 Å². The van der Waals surface area contributed by atoms with Crippen LogP contribution < -0.4 is 11.5 Å². The Balaban J connectivity index is 2.77. The summed E-state index contributed by atoms with van der Waals surface area (Å²) in [5.41, 5.74) is 14.8. The maximum absolute atomic E-state index is 6.16. The largest absolute Gasteiger partial charge is 0.328 e. The van der Waals surface area contributed by atoms with Crippen molar-refractivity contribution in [3.63, 3.8) is 0 Å². The normalized spacial score (nSPS) is 17.5. The van der Waals surface area contributed by atoms with Crippen LogP contribution in [0.25, 0.3) is 0 Å². The SMILES string of the molecule is CCCCC(c1ccc(C(C)CC(C)N)cc1)C(C)N. The molecule has 1 aromatic rings. The van der Waals surface area contributed by atoms with Crippen molar-refractivity contribution in [2.75, 3.05) is 0 Å². The molecular formula is C18H32N2. The Kier molecular flexibility index (Phi) is 7.25. The summed E-state index contributed by atoms with van der Waals surface area (Å²) in [4.78, 5) is 0. The van der Waals surface area contributed by atoms with Crippen LogP contribution in [0.3, 0.4) is 0 Å². The Morgan fingerprint density at radius 3 is 1.95 bits per heavy atom. The third kappa shape index (κ3) is 5.26. The zero-order valence-corrected chi connectivity index (χ0v) is 13.6. The van der Waals surface area contributed by atoms with Crippen LogP contribution in [0, 0.1) is 0 Å². The van der Waals surface area contributed by atoms with Crippen LogP contribution in [0.2, 0.25) is 0 Å². The predicted octanol–water partition coefficient (Wildman–Crippen LogP) is 4.15. The molecule has 0 radical (unpaired) electrons. The van der Waals surface area contributed by atoms with Gasteiger partial charge in [0.2, 0.25) is 0 Å². The maximum atomic E-state index is 6.16. The molecule has 1 aromatic carbocycles. The van der Waals surface area contributed by atoms with E-state index in [1.54, 1.807) is 0 Å². The lowest BCUT2D eigenvalue weighted by molar-refractivity contribution is 0.508. The molecule has 0 saturated carbocycles. The first-order chi connectivity index (χ1) is 9.45. The maximum Gasteiger partial charge on any atom is 0.00793 e. The van der Waals surface area contributed by atoms with Gasteiger partial charge in [-0.15, -0.1) is 0 Å². The molecule has 0 spiro atoms. The molecule has 1 rings (SSSR count). The lowest BCUT2D eigenvalue weighted by atomic mass is 9.86. The van der Waals surface area contributed by atoms with Gasteiger partial charge >= 0.3 is 0 Å². The van der Waals surface area contributed by atoms with Gasteiger partial charge < -0.3 is 11.5 Å². The Labute approximate surface area is 124 Å². The lowest BCUT2D eigenvalue weighted by Crippen LogP contribution is -2.24. The second-order valence-corrected chi connectivity index (χ2v) is 6.39. The molecule has 0 heterocycles. The number of hydrogen-bond donors (Lipinski definition) is 2. The van der Waals surface area contributed by atoms with Crippen LogP contribution in [0.5, 0.6) is 0 Å². The first-order valence-corrected chi connectivity index (χ1v) is 8.06. The minimum Gasteiger partial charge on any atom is -0.328 e. The van der Waals surface area contributed by atoms with Crippen LogP contribution >= 0.6 is 0 Å². The van der Waals surface area contributed by atoms with Crippen molar-refractivity contribution in [3.8, 4) is 0 Å². The average molecular weight is 276 g/mol. The lowest BCUT2D eigenvalue weighted by Gasteiger charge is -2.22. The van der Waals surface area contributed by atoms with Crippen molar-refractivity contribution < 1.29 is 0 Å². The molecular weight excluding hydrogens is 244 g/mol.